The molecule has 0 fully saturated rings. The molecule has 1 unspecified atom stereocenters. The predicted octanol–water partition coefficient (Wildman–Crippen LogP) is 3.79. The first-order valence-electron chi connectivity index (χ1n) is 5.67. The maximum absolute atomic E-state index is 12.9. The van der Waals surface area contributed by atoms with E-state index in [4.69, 9.17) is 17.0 Å². The van der Waals surface area contributed by atoms with Gasteiger partial charge in [0.25, 0.3) is 0 Å². The lowest BCUT2D eigenvalue weighted by Gasteiger charge is -2.19. The molecule has 112 valence electrons. The number of hydrogen-bond donors (Lipinski definition) is 2. The Morgan fingerprint density at radius 2 is 2.10 bits per heavy atom. The number of methoxy groups -OCH3 is 1. The van der Waals surface area contributed by atoms with Crippen molar-refractivity contribution in [2.75, 3.05) is 19.0 Å². The number of alkyl halides is 3. The summed E-state index contributed by atoms with van der Waals surface area (Å²) in [5, 5.41) is 5.51. The Morgan fingerprint density at radius 1 is 1.45 bits per heavy atom. The van der Waals surface area contributed by atoms with Crippen LogP contribution in [0.3, 0.4) is 0 Å². The highest BCUT2D eigenvalue weighted by atomic mass is 79.9. The van der Waals surface area contributed by atoms with Gasteiger partial charge in [0.15, 0.2) is 5.11 Å². The summed E-state index contributed by atoms with van der Waals surface area (Å²) in [6.07, 6.45) is -4.46. The quantitative estimate of drug-likeness (QED) is 0.790. The molecule has 0 saturated carbocycles. The molecule has 8 heteroatoms. The summed E-state index contributed by atoms with van der Waals surface area (Å²) in [5.41, 5.74) is -0.877. The molecule has 0 spiro atoms. The van der Waals surface area contributed by atoms with Crippen LogP contribution < -0.4 is 10.6 Å². The first-order valence-corrected chi connectivity index (χ1v) is 6.87. The number of benzene rings is 1. The van der Waals surface area contributed by atoms with E-state index in [1.807, 2.05) is 6.92 Å². The van der Waals surface area contributed by atoms with Gasteiger partial charge in [-0.15, -0.1) is 0 Å². The molecule has 0 bridgehead atoms. The Hall–Kier alpha value is -0.860. The first-order chi connectivity index (χ1) is 9.24. The third-order valence-corrected chi connectivity index (χ3v) is 3.04. The van der Waals surface area contributed by atoms with E-state index in [9.17, 15) is 13.2 Å². The summed E-state index contributed by atoms with van der Waals surface area (Å²) >= 11 is 8.01. The van der Waals surface area contributed by atoms with Crippen molar-refractivity contribution in [1.82, 2.24) is 5.32 Å². The number of hydrogen-bond acceptors (Lipinski definition) is 2. The van der Waals surface area contributed by atoms with Crippen LogP contribution in [0, 0.1) is 0 Å². The van der Waals surface area contributed by atoms with Crippen molar-refractivity contribution in [2.24, 2.45) is 0 Å². The largest absolute Gasteiger partial charge is 0.418 e. The molecule has 20 heavy (non-hydrogen) atoms. The third kappa shape index (κ3) is 5.26. The predicted molar refractivity (Wildman–Crippen MR) is 79.8 cm³/mol. The summed E-state index contributed by atoms with van der Waals surface area (Å²) in [6.45, 7) is 2.21. The molecule has 0 saturated heterocycles. The van der Waals surface area contributed by atoms with Crippen molar-refractivity contribution in [3.63, 3.8) is 0 Å². The van der Waals surface area contributed by atoms with Gasteiger partial charge < -0.3 is 15.4 Å². The topological polar surface area (TPSA) is 33.3 Å². The Labute approximate surface area is 129 Å². The zero-order valence-corrected chi connectivity index (χ0v) is 13.2. The van der Waals surface area contributed by atoms with Crippen LogP contribution in [0.2, 0.25) is 0 Å². The van der Waals surface area contributed by atoms with Gasteiger partial charge >= 0.3 is 6.18 Å². The lowest BCUT2D eigenvalue weighted by molar-refractivity contribution is -0.136. The summed E-state index contributed by atoms with van der Waals surface area (Å²) in [7, 11) is 1.53. The van der Waals surface area contributed by atoms with E-state index in [0.29, 0.717) is 11.1 Å². The van der Waals surface area contributed by atoms with Gasteiger partial charge in [0.2, 0.25) is 0 Å². The molecule has 0 aromatic heterocycles. The molecule has 0 amide bonds. The summed E-state index contributed by atoms with van der Waals surface area (Å²) in [6, 6.07) is 3.73. The summed E-state index contributed by atoms with van der Waals surface area (Å²) in [4.78, 5) is 0. The van der Waals surface area contributed by atoms with Crippen LogP contribution in [0.15, 0.2) is 22.7 Å². The number of anilines is 1. The van der Waals surface area contributed by atoms with E-state index in [1.165, 1.54) is 19.2 Å². The van der Waals surface area contributed by atoms with Gasteiger partial charge in [-0.2, -0.15) is 13.2 Å². The maximum Gasteiger partial charge on any atom is 0.418 e. The number of thiocarbonyl (C=S) groups is 1. The fourth-order valence-corrected chi connectivity index (χ4v) is 2.21. The monoisotopic (exact) mass is 370 g/mol. The molecule has 0 aliphatic rings. The van der Waals surface area contributed by atoms with E-state index in [-0.39, 0.29) is 16.8 Å². The van der Waals surface area contributed by atoms with Crippen LogP contribution >= 0.6 is 28.1 Å². The van der Waals surface area contributed by atoms with Crippen molar-refractivity contribution in [2.45, 2.75) is 19.1 Å². The van der Waals surface area contributed by atoms with Gasteiger partial charge in [-0.25, -0.2) is 0 Å². The highest BCUT2D eigenvalue weighted by Gasteiger charge is 2.34. The van der Waals surface area contributed by atoms with Crippen LogP contribution in [0.4, 0.5) is 18.9 Å². The molecule has 3 nitrogen and oxygen atoms in total. The second-order valence-corrected chi connectivity index (χ2v) is 5.47. The van der Waals surface area contributed by atoms with E-state index < -0.39 is 11.7 Å². The fraction of sp³-hybridized carbons (Fsp3) is 0.417. The maximum atomic E-state index is 12.9. The van der Waals surface area contributed by atoms with Crippen molar-refractivity contribution in [3.8, 4) is 0 Å². The molecule has 0 aliphatic heterocycles. The molecule has 0 heterocycles. The summed E-state index contributed by atoms with van der Waals surface area (Å²) < 4.78 is 44.0. The van der Waals surface area contributed by atoms with Crippen LogP contribution in [-0.2, 0) is 10.9 Å². The Kier molecular flexibility index (Phi) is 6.22. The zero-order valence-electron chi connectivity index (χ0n) is 10.8. The molecule has 2 N–H and O–H groups in total. The van der Waals surface area contributed by atoms with E-state index in [2.05, 4.69) is 26.6 Å². The van der Waals surface area contributed by atoms with Gasteiger partial charge in [0, 0.05) is 17.6 Å². The van der Waals surface area contributed by atoms with Crippen molar-refractivity contribution < 1.29 is 17.9 Å². The van der Waals surface area contributed by atoms with E-state index in [0.717, 1.165) is 6.07 Å². The van der Waals surface area contributed by atoms with Gasteiger partial charge in [-0.3, -0.25) is 0 Å². The molecule has 1 atom stereocenters. The SMILES string of the molecule is COCC(C)NC(=S)Nc1ccc(Br)cc1C(F)(F)F. The van der Waals surface area contributed by atoms with Gasteiger partial charge in [0.05, 0.1) is 17.9 Å². The molecule has 1 rings (SSSR count). The van der Waals surface area contributed by atoms with Gasteiger partial charge in [0.1, 0.15) is 0 Å². The van der Waals surface area contributed by atoms with Crippen LogP contribution in [-0.4, -0.2) is 24.9 Å². The standard InChI is InChI=1S/C12H14BrF3N2OS/c1-7(6-19-2)17-11(20)18-10-4-3-8(13)5-9(10)12(14,15)16/h3-5,7H,6H2,1-2H3,(H2,17,18,20). The van der Waals surface area contributed by atoms with E-state index >= 15 is 0 Å². The lowest BCUT2D eigenvalue weighted by Crippen LogP contribution is -2.38. The van der Waals surface area contributed by atoms with E-state index in [1.54, 1.807) is 0 Å². The minimum Gasteiger partial charge on any atom is -0.383 e. The van der Waals surface area contributed by atoms with Crippen LogP contribution in [0.25, 0.3) is 0 Å². The van der Waals surface area contributed by atoms with Crippen molar-refractivity contribution >= 4 is 38.9 Å². The molecular weight excluding hydrogens is 357 g/mol. The Bertz CT molecular complexity index is 482. The van der Waals surface area contributed by atoms with Crippen molar-refractivity contribution in [1.29, 1.82) is 0 Å². The Morgan fingerprint density at radius 3 is 2.65 bits per heavy atom. The average Bonchev–Trinajstić information content (AvgIpc) is 2.30. The van der Waals surface area contributed by atoms with Gasteiger partial charge in [-0.05, 0) is 37.3 Å². The number of halogens is 4. The minimum absolute atomic E-state index is 0.0946. The second-order valence-electron chi connectivity index (χ2n) is 4.14. The van der Waals surface area contributed by atoms with Crippen molar-refractivity contribution in [3.05, 3.63) is 28.2 Å². The normalized spacial score (nSPS) is 12.9. The highest BCUT2D eigenvalue weighted by Crippen LogP contribution is 2.36. The first kappa shape index (κ1) is 17.2. The molecule has 0 aliphatic carbocycles. The van der Waals surface area contributed by atoms with Gasteiger partial charge in [-0.1, -0.05) is 15.9 Å². The molecular formula is C12H14BrF3N2OS. The number of rotatable bonds is 4. The number of ether oxygens (including phenoxy) is 1. The van der Waals surface area contributed by atoms with Crippen LogP contribution in [0.5, 0.6) is 0 Å². The molecule has 1 aromatic rings. The zero-order chi connectivity index (χ0) is 15.3. The molecule has 1 aromatic carbocycles. The van der Waals surface area contributed by atoms with Crippen LogP contribution in [0.1, 0.15) is 12.5 Å². The summed E-state index contributed by atoms with van der Waals surface area (Å²) in [5.74, 6) is 0. The average molecular weight is 371 g/mol. The highest BCUT2D eigenvalue weighted by molar-refractivity contribution is 9.10. The second kappa shape index (κ2) is 7.24. The third-order valence-electron chi connectivity index (χ3n) is 2.33. The minimum atomic E-state index is -4.46. The smallest absolute Gasteiger partial charge is 0.383 e. The fourth-order valence-electron chi connectivity index (χ4n) is 1.53. The molecule has 0 radical (unpaired) electrons. The Balaban J connectivity index is 2.85. The lowest BCUT2D eigenvalue weighted by atomic mass is 10.1. The number of nitrogens with one attached hydrogen (secondary N) is 2.